The predicted octanol–water partition coefficient (Wildman–Crippen LogP) is 4.67. The van der Waals surface area contributed by atoms with Gasteiger partial charge in [0.05, 0.1) is 6.54 Å². The highest BCUT2D eigenvalue weighted by Gasteiger charge is 2.16. The Labute approximate surface area is 164 Å². The summed E-state index contributed by atoms with van der Waals surface area (Å²) in [5.74, 6) is 1.26. The minimum Gasteiger partial charge on any atom is -0.453 e. The van der Waals surface area contributed by atoms with Gasteiger partial charge in [-0.05, 0) is 12.1 Å². The largest absolute Gasteiger partial charge is 0.453 e. The molecule has 0 aliphatic heterocycles. The Morgan fingerprint density at radius 2 is 1.62 bits per heavy atom. The summed E-state index contributed by atoms with van der Waals surface area (Å²) in [7, 11) is 0. The van der Waals surface area contributed by atoms with E-state index in [2.05, 4.69) is 15.6 Å². The summed E-state index contributed by atoms with van der Waals surface area (Å²) in [6.45, 7) is 0.191. The van der Waals surface area contributed by atoms with E-state index in [9.17, 15) is 4.79 Å². The van der Waals surface area contributed by atoms with Crippen LogP contribution >= 0.6 is 0 Å². The molecule has 0 saturated carbocycles. The van der Waals surface area contributed by atoms with Gasteiger partial charge in [0.2, 0.25) is 5.76 Å². The van der Waals surface area contributed by atoms with E-state index in [-0.39, 0.29) is 18.1 Å². The fourth-order valence-corrected chi connectivity index (χ4v) is 3.00. The first-order valence-electron chi connectivity index (χ1n) is 9.01. The van der Waals surface area contributed by atoms with E-state index in [1.807, 2.05) is 60.7 Å². The highest BCUT2D eigenvalue weighted by molar-refractivity contribution is 5.93. The van der Waals surface area contributed by atoms with Gasteiger partial charge in [-0.15, -0.1) is 0 Å². The third-order valence-electron chi connectivity index (χ3n) is 4.46. The van der Waals surface area contributed by atoms with Crippen molar-refractivity contribution in [2.24, 2.45) is 0 Å². The van der Waals surface area contributed by atoms with Crippen LogP contribution in [0.4, 0.5) is 0 Å². The summed E-state index contributed by atoms with van der Waals surface area (Å²) in [6, 6.07) is 22.4. The van der Waals surface area contributed by atoms with Crippen LogP contribution in [0.3, 0.4) is 0 Å². The molecule has 1 N–H and O–H groups in total. The number of fused-ring (bicyclic) bond motifs is 1. The zero-order valence-corrected chi connectivity index (χ0v) is 15.2. The molecule has 5 rings (SSSR count). The fourth-order valence-electron chi connectivity index (χ4n) is 3.00. The number of benzene rings is 2. The van der Waals surface area contributed by atoms with Gasteiger partial charge < -0.3 is 18.8 Å². The molecule has 0 unspecified atom stereocenters. The molecule has 2 aromatic carbocycles. The van der Waals surface area contributed by atoms with Crippen LogP contribution in [-0.2, 0) is 6.54 Å². The second-order valence-corrected chi connectivity index (χ2v) is 6.46. The Morgan fingerprint density at radius 3 is 2.48 bits per heavy atom. The van der Waals surface area contributed by atoms with Crippen LogP contribution in [0.15, 0.2) is 86.3 Å². The first kappa shape index (κ1) is 17.0. The minimum absolute atomic E-state index is 0.191. The number of nitrogens with one attached hydrogen (secondary N) is 1. The Bertz CT molecular complexity index is 1250. The molecule has 5 aromatic rings. The molecule has 0 radical (unpaired) electrons. The molecule has 0 fully saturated rings. The lowest BCUT2D eigenvalue weighted by Gasteiger charge is -1.97. The van der Waals surface area contributed by atoms with Crippen molar-refractivity contribution in [1.29, 1.82) is 0 Å². The molecule has 0 aliphatic carbocycles. The number of amides is 1. The summed E-state index contributed by atoms with van der Waals surface area (Å²) in [4.78, 5) is 12.3. The number of carbonyl (C=O) groups is 1. The van der Waals surface area contributed by atoms with Crippen LogP contribution in [0.5, 0.6) is 0 Å². The smallest absolute Gasteiger partial charge is 0.273 e. The summed E-state index contributed by atoms with van der Waals surface area (Å²) < 4.78 is 16.4. The Morgan fingerprint density at radius 1 is 0.828 bits per heavy atom. The number of hydrogen-bond donors (Lipinski definition) is 1. The third-order valence-corrected chi connectivity index (χ3v) is 4.46. The molecule has 7 nitrogen and oxygen atoms in total. The van der Waals surface area contributed by atoms with Crippen molar-refractivity contribution in [2.45, 2.75) is 6.54 Å². The predicted molar refractivity (Wildman–Crippen MR) is 105 cm³/mol. The lowest BCUT2D eigenvalue weighted by atomic mass is 10.1. The lowest BCUT2D eigenvalue weighted by Crippen LogP contribution is -2.23. The van der Waals surface area contributed by atoms with Gasteiger partial charge in [0.15, 0.2) is 17.2 Å². The lowest BCUT2D eigenvalue weighted by molar-refractivity contribution is 0.0941. The molecule has 142 valence electrons. The van der Waals surface area contributed by atoms with Crippen LogP contribution in [0, 0.1) is 0 Å². The molecular weight excluding hydrogens is 370 g/mol. The number of furan rings is 1. The van der Waals surface area contributed by atoms with Crippen molar-refractivity contribution < 1.29 is 18.3 Å². The molecule has 7 heteroatoms. The molecule has 0 spiro atoms. The molecule has 0 saturated heterocycles. The minimum atomic E-state index is -0.357. The zero-order valence-electron chi connectivity index (χ0n) is 15.2. The SMILES string of the molecule is O=C(NCc1cc(-c2cc3ccccc3o2)on1)c1cc(-c2ccccc2)on1. The maximum Gasteiger partial charge on any atom is 0.273 e. The van der Waals surface area contributed by atoms with Crippen molar-refractivity contribution in [3.63, 3.8) is 0 Å². The van der Waals surface area contributed by atoms with Crippen molar-refractivity contribution in [3.8, 4) is 22.8 Å². The highest BCUT2D eigenvalue weighted by Crippen LogP contribution is 2.28. The number of aromatic nitrogens is 2. The van der Waals surface area contributed by atoms with Crippen molar-refractivity contribution in [1.82, 2.24) is 15.6 Å². The summed E-state index contributed by atoms with van der Waals surface area (Å²) >= 11 is 0. The second-order valence-electron chi connectivity index (χ2n) is 6.46. The normalized spacial score (nSPS) is 11.0. The van der Waals surface area contributed by atoms with E-state index in [0.717, 1.165) is 16.5 Å². The van der Waals surface area contributed by atoms with Gasteiger partial charge in [-0.3, -0.25) is 4.79 Å². The molecule has 0 aliphatic rings. The van der Waals surface area contributed by atoms with E-state index in [1.54, 1.807) is 12.1 Å². The summed E-state index contributed by atoms with van der Waals surface area (Å²) in [5.41, 5.74) is 2.39. The van der Waals surface area contributed by atoms with Gasteiger partial charge >= 0.3 is 0 Å². The average Bonchev–Trinajstić information content (AvgIpc) is 3.51. The maximum atomic E-state index is 12.3. The number of hydrogen-bond acceptors (Lipinski definition) is 6. The van der Waals surface area contributed by atoms with Crippen molar-refractivity contribution in [2.75, 3.05) is 0 Å². The highest BCUT2D eigenvalue weighted by atomic mass is 16.5. The van der Waals surface area contributed by atoms with Gasteiger partial charge in [0.1, 0.15) is 11.3 Å². The van der Waals surface area contributed by atoms with E-state index >= 15 is 0 Å². The molecule has 29 heavy (non-hydrogen) atoms. The topological polar surface area (TPSA) is 94.3 Å². The summed E-state index contributed by atoms with van der Waals surface area (Å²) in [6.07, 6.45) is 0. The standard InChI is InChI=1S/C22H15N3O4/c26-22(17-12-19(28-25-17)14-6-2-1-3-7-14)23-13-16-11-21(29-24-16)20-10-15-8-4-5-9-18(15)27-20/h1-12H,13H2,(H,23,26). The second kappa shape index (κ2) is 7.12. The monoisotopic (exact) mass is 385 g/mol. The Balaban J connectivity index is 1.26. The van der Waals surface area contributed by atoms with E-state index in [0.29, 0.717) is 23.0 Å². The zero-order chi connectivity index (χ0) is 19.6. The van der Waals surface area contributed by atoms with E-state index in [4.69, 9.17) is 13.5 Å². The fraction of sp³-hybridized carbons (Fsp3) is 0.0455. The number of nitrogens with zero attached hydrogens (tertiary/aromatic N) is 2. The van der Waals surface area contributed by atoms with Crippen LogP contribution in [0.2, 0.25) is 0 Å². The maximum absolute atomic E-state index is 12.3. The number of rotatable bonds is 5. The van der Waals surface area contributed by atoms with Gasteiger partial charge in [0.25, 0.3) is 5.91 Å². The first-order chi connectivity index (χ1) is 14.3. The Kier molecular flexibility index (Phi) is 4.18. The van der Waals surface area contributed by atoms with Crippen LogP contribution in [0.1, 0.15) is 16.2 Å². The first-order valence-corrected chi connectivity index (χ1v) is 9.01. The van der Waals surface area contributed by atoms with E-state index < -0.39 is 0 Å². The molecule has 3 heterocycles. The van der Waals surface area contributed by atoms with Gasteiger partial charge in [-0.25, -0.2) is 0 Å². The number of carbonyl (C=O) groups excluding carboxylic acids is 1. The average molecular weight is 385 g/mol. The van der Waals surface area contributed by atoms with Gasteiger partial charge in [0, 0.05) is 23.1 Å². The van der Waals surface area contributed by atoms with E-state index in [1.165, 1.54) is 0 Å². The van der Waals surface area contributed by atoms with Gasteiger partial charge in [-0.2, -0.15) is 0 Å². The third kappa shape index (κ3) is 3.41. The number of para-hydroxylation sites is 1. The molecule has 1 amide bonds. The quantitative estimate of drug-likeness (QED) is 0.472. The molecule has 0 bridgehead atoms. The molecule has 3 aromatic heterocycles. The molecular formula is C22H15N3O4. The van der Waals surface area contributed by atoms with Crippen LogP contribution < -0.4 is 5.32 Å². The molecule has 0 atom stereocenters. The van der Waals surface area contributed by atoms with Crippen molar-refractivity contribution >= 4 is 16.9 Å². The van der Waals surface area contributed by atoms with Crippen LogP contribution in [0.25, 0.3) is 33.8 Å². The summed E-state index contributed by atoms with van der Waals surface area (Å²) in [5, 5.41) is 11.6. The van der Waals surface area contributed by atoms with Crippen LogP contribution in [-0.4, -0.2) is 16.2 Å². The van der Waals surface area contributed by atoms with Gasteiger partial charge in [-0.1, -0.05) is 58.8 Å². The Hall–Kier alpha value is -4.13. The van der Waals surface area contributed by atoms with Crippen molar-refractivity contribution in [3.05, 3.63) is 84.2 Å².